The number of hydrogen-bond donors (Lipinski definition) is 0. The van der Waals surface area contributed by atoms with Gasteiger partial charge < -0.3 is 4.74 Å². The third-order valence-electron chi connectivity index (χ3n) is 2.28. The minimum Gasteiger partial charge on any atom is -0.496 e. The zero-order valence-electron chi connectivity index (χ0n) is 9.17. The van der Waals surface area contributed by atoms with Crippen molar-refractivity contribution in [1.82, 2.24) is 0 Å². The van der Waals surface area contributed by atoms with Gasteiger partial charge in [-0.05, 0) is 56.1 Å². The lowest BCUT2D eigenvalue weighted by Crippen LogP contribution is -2.02. The van der Waals surface area contributed by atoms with Gasteiger partial charge in [-0.25, -0.2) is 4.39 Å². The highest BCUT2D eigenvalue weighted by Gasteiger charge is 2.18. The van der Waals surface area contributed by atoms with Crippen molar-refractivity contribution in [3.63, 3.8) is 0 Å². The molecule has 0 saturated heterocycles. The fourth-order valence-corrected chi connectivity index (χ4v) is 3.44. The van der Waals surface area contributed by atoms with Crippen molar-refractivity contribution in [1.29, 1.82) is 0 Å². The lowest BCUT2D eigenvalue weighted by molar-refractivity contribution is 0.103. The molecule has 2 nitrogen and oxygen atoms in total. The molecule has 0 bridgehead atoms. The molecule has 2 aromatic rings. The first-order chi connectivity index (χ1) is 8.52. The molecule has 1 heterocycles. The molecular weight excluding hydrogens is 387 g/mol. The molecule has 94 valence electrons. The summed E-state index contributed by atoms with van der Waals surface area (Å²) in [6.07, 6.45) is 0. The predicted octanol–water partition coefficient (Wildman–Crippen LogP) is 4.65. The van der Waals surface area contributed by atoms with E-state index in [1.54, 1.807) is 6.07 Å². The summed E-state index contributed by atoms with van der Waals surface area (Å²) in [5.74, 6) is -0.362. The Labute approximate surface area is 124 Å². The fourth-order valence-electron chi connectivity index (χ4n) is 1.45. The van der Waals surface area contributed by atoms with Crippen molar-refractivity contribution in [3.05, 3.63) is 48.8 Å². The summed E-state index contributed by atoms with van der Waals surface area (Å²) < 4.78 is 19.9. The maximum Gasteiger partial charge on any atom is 0.206 e. The average Bonchev–Trinajstić information content (AvgIpc) is 2.68. The van der Waals surface area contributed by atoms with Crippen LogP contribution in [0.2, 0.25) is 0 Å². The molecular formula is C12H7Br2FO2S. The largest absolute Gasteiger partial charge is 0.496 e. The Morgan fingerprint density at radius 1 is 1.33 bits per heavy atom. The third-order valence-corrected chi connectivity index (χ3v) is 5.53. The van der Waals surface area contributed by atoms with E-state index < -0.39 is 5.82 Å². The minimum absolute atomic E-state index is 0.221. The van der Waals surface area contributed by atoms with Crippen molar-refractivity contribution in [2.24, 2.45) is 0 Å². The summed E-state index contributed by atoms with van der Waals surface area (Å²) in [5, 5.41) is 0. The first-order valence-corrected chi connectivity index (χ1v) is 7.26. The molecule has 0 amide bonds. The number of methoxy groups -OCH3 is 1. The van der Waals surface area contributed by atoms with E-state index in [4.69, 9.17) is 4.74 Å². The molecule has 1 aromatic carbocycles. The fraction of sp³-hybridized carbons (Fsp3) is 0.0833. The maximum absolute atomic E-state index is 13.2. The number of ketones is 1. The normalized spacial score (nSPS) is 10.4. The Kier molecular flexibility index (Phi) is 4.19. The SMILES string of the molecule is COc1ccc(F)cc1C(=O)c1cc(Br)c(Br)s1. The van der Waals surface area contributed by atoms with E-state index in [0.717, 1.165) is 8.26 Å². The van der Waals surface area contributed by atoms with Gasteiger partial charge in [-0.1, -0.05) is 0 Å². The van der Waals surface area contributed by atoms with E-state index in [-0.39, 0.29) is 11.3 Å². The van der Waals surface area contributed by atoms with Crippen LogP contribution in [-0.4, -0.2) is 12.9 Å². The van der Waals surface area contributed by atoms with Crippen LogP contribution in [0.15, 0.2) is 32.5 Å². The van der Waals surface area contributed by atoms with Crippen molar-refractivity contribution in [2.75, 3.05) is 7.11 Å². The Bertz CT molecular complexity index is 591. The number of hydrogen-bond acceptors (Lipinski definition) is 3. The number of benzene rings is 1. The Morgan fingerprint density at radius 3 is 2.61 bits per heavy atom. The summed E-state index contributed by atoms with van der Waals surface area (Å²) in [5.41, 5.74) is 0.221. The van der Waals surface area contributed by atoms with E-state index in [9.17, 15) is 9.18 Å². The second kappa shape index (κ2) is 5.50. The first-order valence-electron chi connectivity index (χ1n) is 4.86. The van der Waals surface area contributed by atoms with Gasteiger partial charge in [0.1, 0.15) is 11.6 Å². The molecule has 0 atom stereocenters. The number of halogens is 3. The van der Waals surface area contributed by atoms with Crippen molar-refractivity contribution in [2.45, 2.75) is 0 Å². The molecule has 0 spiro atoms. The van der Waals surface area contributed by atoms with E-state index >= 15 is 0 Å². The zero-order valence-corrected chi connectivity index (χ0v) is 13.2. The minimum atomic E-state index is -0.464. The van der Waals surface area contributed by atoms with Crippen LogP contribution < -0.4 is 4.74 Å². The molecule has 2 rings (SSSR count). The standard InChI is InChI=1S/C12H7Br2FO2S/c1-17-9-3-2-6(15)4-7(9)11(16)10-5-8(13)12(14)18-10/h2-5H,1H3. The molecule has 0 aliphatic carbocycles. The molecule has 0 fully saturated rings. The lowest BCUT2D eigenvalue weighted by atomic mass is 10.1. The molecule has 0 aliphatic heterocycles. The molecule has 0 radical (unpaired) electrons. The van der Waals surface area contributed by atoms with Crippen molar-refractivity contribution in [3.8, 4) is 5.75 Å². The molecule has 1 aromatic heterocycles. The van der Waals surface area contributed by atoms with Crippen molar-refractivity contribution >= 4 is 49.0 Å². The summed E-state index contributed by atoms with van der Waals surface area (Å²) in [4.78, 5) is 12.8. The first kappa shape index (κ1) is 13.7. The van der Waals surface area contributed by atoms with Crippen LogP contribution >= 0.6 is 43.2 Å². The van der Waals surface area contributed by atoms with Gasteiger partial charge in [0, 0.05) is 4.47 Å². The summed E-state index contributed by atoms with van der Waals surface area (Å²) >= 11 is 7.92. The van der Waals surface area contributed by atoms with Crippen LogP contribution in [0.4, 0.5) is 4.39 Å². The Balaban J connectivity index is 2.48. The van der Waals surface area contributed by atoms with Gasteiger partial charge >= 0.3 is 0 Å². The molecule has 0 N–H and O–H groups in total. The lowest BCUT2D eigenvalue weighted by Gasteiger charge is -2.06. The van der Waals surface area contributed by atoms with Gasteiger partial charge in [-0.3, -0.25) is 4.79 Å². The highest BCUT2D eigenvalue weighted by atomic mass is 79.9. The number of thiophene rings is 1. The van der Waals surface area contributed by atoms with Crippen LogP contribution in [0.25, 0.3) is 0 Å². The second-order valence-corrected chi connectivity index (χ2v) is 6.63. The molecule has 0 aliphatic rings. The molecule has 0 saturated carbocycles. The number of rotatable bonds is 3. The summed E-state index contributed by atoms with van der Waals surface area (Å²) in [6.45, 7) is 0. The van der Waals surface area contributed by atoms with Gasteiger partial charge in [-0.15, -0.1) is 11.3 Å². The number of carbonyl (C=O) groups is 1. The summed E-state index contributed by atoms with van der Waals surface area (Å²) in [6, 6.07) is 5.58. The monoisotopic (exact) mass is 392 g/mol. The van der Waals surface area contributed by atoms with E-state index in [1.165, 1.54) is 36.6 Å². The van der Waals surface area contributed by atoms with E-state index in [1.807, 2.05) is 0 Å². The Morgan fingerprint density at radius 2 is 2.06 bits per heavy atom. The van der Waals surface area contributed by atoms with Crippen molar-refractivity contribution < 1.29 is 13.9 Å². The maximum atomic E-state index is 13.2. The van der Waals surface area contributed by atoms with Gasteiger partial charge in [0.2, 0.25) is 5.78 Å². The number of ether oxygens (including phenoxy) is 1. The van der Waals surface area contributed by atoms with Crippen LogP contribution in [0.5, 0.6) is 5.75 Å². The molecule has 6 heteroatoms. The average molecular weight is 394 g/mol. The second-order valence-electron chi connectivity index (χ2n) is 3.41. The van der Waals surface area contributed by atoms with E-state index in [0.29, 0.717) is 10.6 Å². The highest BCUT2D eigenvalue weighted by Crippen LogP contribution is 2.34. The zero-order chi connectivity index (χ0) is 13.3. The number of carbonyl (C=O) groups excluding carboxylic acids is 1. The van der Waals surface area contributed by atoms with Crippen LogP contribution in [0.1, 0.15) is 15.2 Å². The van der Waals surface area contributed by atoms with E-state index in [2.05, 4.69) is 31.9 Å². The smallest absolute Gasteiger partial charge is 0.206 e. The summed E-state index contributed by atoms with van der Waals surface area (Å²) in [7, 11) is 1.45. The van der Waals surface area contributed by atoms with Crippen LogP contribution in [0, 0.1) is 5.82 Å². The van der Waals surface area contributed by atoms with Crippen LogP contribution in [0.3, 0.4) is 0 Å². The molecule has 18 heavy (non-hydrogen) atoms. The topological polar surface area (TPSA) is 26.3 Å². The Hall–Kier alpha value is -0.720. The predicted molar refractivity (Wildman–Crippen MR) is 76.1 cm³/mol. The van der Waals surface area contributed by atoms with Gasteiger partial charge in [-0.2, -0.15) is 0 Å². The third kappa shape index (κ3) is 2.65. The quantitative estimate of drug-likeness (QED) is 0.709. The highest BCUT2D eigenvalue weighted by molar-refractivity contribution is 9.13. The van der Waals surface area contributed by atoms with Gasteiger partial charge in [0.05, 0.1) is 21.3 Å². The molecule has 0 unspecified atom stereocenters. The van der Waals surface area contributed by atoms with Gasteiger partial charge in [0.15, 0.2) is 0 Å². The van der Waals surface area contributed by atoms with Gasteiger partial charge in [0.25, 0.3) is 0 Å². The van der Waals surface area contributed by atoms with Crippen LogP contribution in [-0.2, 0) is 0 Å².